The van der Waals surface area contributed by atoms with Crippen molar-refractivity contribution in [3.8, 4) is 0 Å². The van der Waals surface area contributed by atoms with Crippen molar-refractivity contribution < 1.29 is 0 Å². The summed E-state index contributed by atoms with van der Waals surface area (Å²) >= 11 is 0. The molecule has 1 fully saturated rings. The molecule has 0 bridgehead atoms. The molecular weight excluding hydrogens is 298 g/mol. The molecule has 0 saturated carbocycles. The standard InChI is InChI=1S/C19H31N5/c1-16(23-12-10-22(3)11-13-23)14-21-19(20-2)24-9-8-17-6-4-5-7-18(17)15-24/h4-7,16H,8-15H2,1-3H3,(H,20,21). The fourth-order valence-corrected chi connectivity index (χ4v) is 3.64. The Balaban J connectivity index is 1.52. The molecular formula is C19H31N5. The van der Waals surface area contributed by atoms with Crippen LogP contribution in [0.2, 0.25) is 0 Å². The van der Waals surface area contributed by atoms with Crippen LogP contribution in [0.4, 0.5) is 0 Å². The molecule has 5 heteroatoms. The molecule has 0 spiro atoms. The van der Waals surface area contributed by atoms with E-state index in [1.807, 2.05) is 7.05 Å². The van der Waals surface area contributed by atoms with E-state index in [1.54, 1.807) is 0 Å². The number of nitrogens with zero attached hydrogens (tertiary/aromatic N) is 4. The number of guanidine groups is 1. The van der Waals surface area contributed by atoms with Crippen molar-refractivity contribution in [3.63, 3.8) is 0 Å². The molecule has 1 aromatic rings. The van der Waals surface area contributed by atoms with Crippen LogP contribution < -0.4 is 5.32 Å². The van der Waals surface area contributed by atoms with Crippen LogP contribution in [0.25, 0.3) is 0 Å². The van der Waals surface area contributed by atoms with Crippen molar-refractivity contribution in [2.75, 3.05) is 53.4 Å². The molecule has 132 valence electrons. The maximum absolute atomic E-state index is 4.52. The van der Waals surface area contributed by atoms with Crippen molar-refractivity contribution in [2.45, 2.75) is 25.9 Å². The highest BCUT2D eigenvalue weighted by atomic mass is 15.3. The molecule has 2 aliphatic heterocycles. The van der Waals surface area contributed by atoms with Crippen molar-refractivity contribution in [1.29, 1.82) is 0 Å². The van der Waals surface area contributed by atoms with Gasteiger partial charge in [0.2, 0.25) is 0 Å². The van der Waals surface area contributed by atoms with Crippen LogP contribution in [0.1, 0.15) is 18.1 Å². The van der Waals surface area contributed by atoms with Gasteiger partial charge in [0.1, 0.15) is 0 Å². The molecule has 24 heavy (non-hydrogen) atoms. The second-order valence-corrected chi connectivity index (χ2v) is 7.06. The number of aliphatic imine (C=N–C) groups is 1. The van der Waals surface area contributed by atoms with Crippen LogP contribution in [0.15, 0.2) is 29.3 Å². The number of benzene rings is 1. The Morgan fingerprint density at radius 1 is 1.12 bits per heavy atom. The molecule has 0 amide bonds. The summed E-state index contributed by atoms with van der Waals surface area (Å²) in [5.41, 5.74) is 2.91. The highest BCUT2D eigenvalue weighted by Crippen LogP contribution is 2.18. The van der Waals surface area contributed by atoms with Gasteiger partial charge >= 0.3 is 0 Å². The highest BCUT2D eigenvalue weighted by Gasteiger charge is 2.21. The molecule has 1 saturated heterocycles. The maximum atomic E-state index is 4.52. The average molecular weight is 329 g/mol. The summed E-state index contributed by atoms with van der Waals surface area (Å²) < 4.78 is 0. The highest BCUT2D eigenvalue weighted by molar-refractivity contribution is 5.80. The lowest BCUT2D eigenvalue weighted by Gasteiger charge is -2.37. The first-order valence-corrected chi connectivity index (χ1v) is 9.12. The van der Waals surface area contributed by atoms with Crippen LogP contribution in [-0.4, -0.2) is 80.1 Å². The van der Waals surface area contributed by atoms with Crippen molar-refractivity contribution in [2.24, 2.45) is 4.99 Å². The summed E-state index contributed by atoms with van der Waals surface area (Å²) in [6, 6.07) is 9.29. The Labute approximate surface area is 146 Å². The molecule has 0 aromatic heterocycles. The SMILES string of the molecule is CN=C(NCC(C)N1CCN(C)CC1)N1CCc2ccccc2C1. The van der Waals surface area contributed by atoms with E-state index in [9.17, 15) is 0 Å². The van der Waals surface area contributed by atoms with Crippen LogP contribution in [0, 0.1) is 0 Å². The van der Waals surface area contributed by atoms with Crippen molar-refractivity contribution in [1.82, 2.24) is 20.0 Å². The van der Waals surface area contributed by atoms with Gasteiger partial charge in [-0.15, -0.1) is 0 Å². The minimum atomic E-state index is 0.535. The normalized spacial score (nSPS) is 21.5. The number of nitrogens with one attached hydrogen (secondary N) is 1. The summed E-state index contributed by atoms with van der Waals surface area (Å²) in [6.45, 7) is 9.93. The van der Waals surface area contributed by atoms with Crippen LogP contribution in [0.5, 0.6) is 0 Å². The fourth-order valence-electron chi connectivity index (χ4n) is 3.64. The molecule has 5 nitrogen and oxygen atoms in total. The molecule has 0 radical (unpaired) electrons. The van der Waals surface area contributed by atoms with Crippen LogP contribution in [0.3, 0.4) is 0 Å². The Bertz CT molecular complexity index is 563. The summed E-state index contributed by atoms with van der Waals surface area (Å²) in [7, 11) is 4.10. The number of hydrogen-bond acceptors (Lipinski definition) is 3. The van der Waals surface area contributed by atoms with Gasteiger partial charge in [-0.25, -0.2) is 0 Å². The minimum Gasteiger partial charge on any atom is -0.355 e. The smallest absolute Gasteiger partial charge is 0.194 e. The number of piperazine rings is 1. The lowest BCUT2D eigenvalue weighted by Crippen LogP contribution is -2.53. The first-order valence-electron chi connectivity index (χ1n) is 9.12. The van der Waals surface area contributed by atoms with Gasteiger partial charge < -0.3 is 15.1 Å². The number of likely N-dealkylation sites (N-methyl/N-ethyl adjacent to an activating group) is 1. The van der Waals surface area contributed by atoms with Crippen LogP contribution in [-0.2, 0) is 13.0 Å². The lowest BCUT2D eigenvalue weighted by molar-refractivity contribution is 0.119. The summed E-state index contributed by atoms with van der Waals surface area (Å²) in [5, 5.41) is 3.60. The van der Waals surface area contributed by atoms with E-state index in [1.165, 1.54) is 24.2 Å². The topological polar surface area (TPSA) is 34.1 Å². The van der Waals surface area contributed by atoms with E-state index < -0.39 is 0 Å². The van der Waals surface area contributed by atoms with E-state index in [2.05, 4.69) is 63.2 Å². The molecule has 1 N–H and O–H groups in total. The number of rotatable bonds is 3. The molecule has 1 unspecified atom stereocenters. The minimum absolute atomic E-state index is 0.535. The molecule has 2 heterocycles. The van der Waals surface area contributed by atoms with Crippen molar-refractivity contribution >= 4 is 5.96 Å². The predicted molar refractivity (Wildman–Crippen MR) is 100 cm³/mol. The third kappa shape index (κ3) is 4.08. The molecule has 2 aliphatic rings. The Morgan fingerprint density at radius 3 is 2.54 bits per heavy atom. The molecule has 0 aliphatic carbocycles. The molecule has 3 rings (SSSR count). The van der Waals surface area contributed by atoms with Gasteiger partial charge in [0.25, 0.3) is 0 Å². The number of fused-ring (bicyclic) bond motifs is 1. The second-order valence-electron chi connectivity index (χ2n) is 7.06. The Hall–Kier alpha value is -1.59. The van der Waals surface area contributed by atoms with E-state index in [4.69, 9.17) is 0 Å². The Kier molecular flexibility index (Phi) is 5.74. The quantitative estimate of drug-likeness (QED) is 0.669. The zero-order valence-corrected chi connectivity index (χ0v) is 15.3. The average Bonchev–Trinajstić information content (AvgIpc) is 2.62. The maximum Gasteiger partial charge on any atom is 0.194 e. The monoisotopic (exact) mass is 329 g/mol. The summed E-state index contributed by atoms with van der Waals surface area (Å²) in [5.74, 6) is 1.03. The lowest BCUT2D eigenvalue weighted by atomic mass is 10.0. The van der Waals surface area contributed by atoms with Gasteiger partial charge in [-0.1, -0.05) is 24.3 Å². The van der Waals surface area contributed by atoms with Crippen molar-refractivity contribution in [3.05, 3.63) is 35.4 Å². The predicted octanol–water partition coefficient (Wildman–Crippen LogP) is 1.26. The first-order chi connectivity index (χ1) is 11.7. The van der Waals surface area contributed by atoms with Gasteiger partial charge in [0, 0.05) is 58.9 Å². The Morgan fingerprint density at radius 2 is 1.83 bits per heavy atom. The second kappa shape index (κ2) is 7.99. The van der Waals surface area contributed by atoms with Gasteiger partial charge in [-0.05, 0) is 31.5 Å². The zero-order chi connectivity index (χ0) is 16.9. The first kappa shape index (κ1) is 17.2. The van der Waals surface area contributed by atoms with Gasteiger partial charge in [0.05, 0.1) is 0 Å². The van der Waals surface area contributed by atoms with Crippen LogP contribution >= 0.6 is 0 Å². The van der Waals surface area contributed by atoms with Gasteiger partial charge in [-0.3, -0.25) is 9.89 Å². The fraction of sp³-hybridized carbons (Fsp3) is 0.632. The van der Waals surface area contributed by atoms with Gasteiger partial charge in [-0.2, -0.15) is 0 Å². The largest absolute Gasteiger partial charge is 0.355 e. The van der Waals surface area contributed by atoms with E-state index in [-0.39, 0.29) is 0 Å². The summed E-state index contributed by atoms with van der Waals surface area (Å²) in [6.07, 6.45) is 1.10. The van der Waals surface area contributed by atoms with E-state index >= 15 is 0 Å². The third-order valence-electron chi connectivity index (χ3n) is 5.36. The van der Waals surface area contributed by atoms with E-state index in [0.717, 1.165) is 45.1 Å². The summed E-state index contributed by atoms with van der Waals surface area (Å²) in [4.78, 5) is 11.9. The zero-order valence-electron chi connectivity index (χ0n) is 15.3. The third-order valence-corrected chi connectivity index (χ3v) is 5.36. The number of hydrogen-bond donors (Lipinski definition) is 1. The molecule has 1 atom stereocenters. The van der Waals surface area contributed by atoms with Gasteiger partial charge in [0.15, 0.2) is 5.96 Å². The van der Waals surface area contributed by atoms with E-state index in [0.29, 0.717) is 6.04 Å². The molecule has 1 aromatic carbocycles.